The smallest absolute Gasteiger partial charge is 0.193 e. The second-order valence-corrected chi connectivity index (χ2v) is 7.98. The van der Waals surface area contributed by atoms with Crippen molar-refractivity contribution in [3.63, 3.8) is 0 Å². The highest BCUT2D eigenvalue weighted by Gasteiger charge is 2.68. The van der Waals surface area contributed by atoms with E-state index in [1.807, 2.05) is 30.2 Å². The summed E-state index contributed by atoms with van der Waals surface area (Å²) in [6.45, 7) is 9.48. The standard InChI is InChI=1S/C18H27NO2/c1-16(2,3)15-10-11-18(17(4,20)12-15)19(21-18)13-14-8-6-5-7-9-14/h5-9,15,20H,10-13H2,1-4H3/t15-,17+,18-,19?/m1/s1. The molecule has 1 spiro atoms. The van der Waals surface area contributed by atoms with Gasteiger partial charge in [0.25, 0.3) is 0 Å². The van der Waals surface area contributed by atoms with Crippen molar-refractivity contribution in [2.45, 2.75) is 64.8 Å². The molecule has 1 aromatic carbocycles. The zero-order valence-corrected chi connectivity index (χ0v) is 13.6. The van der Waals surface area contributed by atoms with Crippen LogP contribution >= 0.6 is 0 Å². The first kappa shape index (κ1) is 15.0. The van der Waals surface area contributed by atoms with Crippen LogP contribution in [-0.2, 0) is 11.4 Å². The van der Waals surface area contributed by atoms with Crippen LogP contribution in [0.25, 0.3) is 0 Å². The van der Waals surface area contributed by atoms with Crippen LogP contribution in [0.2, 0.25) is 0 Å². The Bertz CT molecular complexity index is 506. The Morgan fingerprint density at radius 2 is 1.95 bits per heavy atom. The molecule has 2 aliphatic rings. The maximum atomic E-state index is 11.0. The van der Waals surface area contributed by atoms with Gasteiger partial charge in [-0.25, -0.2) is 0 Å². The van der Waals surface area contributed by atoms with Gasteiger partial charge in [0, 0.05) is 0 Å². The minimum absolute atomic E-state index is 0.241. The van der Waals surface area contributed by atoms with Crippen LogP contribution in [0.5, 0.6) is 0 Å². The maximum absolute atomic E-state index is 11.0. The number of hydrogen-bond acceptors (Lipinski definition) is 3. The van der Waals surface area contributed by atoms with Crippen molar-refractivity contribution in [1.29, 1.82) is 0 Å². The molecule has 0 radical (unpaired) electrons. The number of hydrogen-bond donors (Lipinski definition) is 1. The summed E-state index contributed by atoms with van der Waals surface area (Å²) >= 11 is 0. The Kier molecular flexibility index (Phi) is 3.43. The minimum Gasteiger partial charge on any atom is -0.386 e. The first-order chi connectivity index (χ1) is 9.75. The second-order valence-electron chi connectivity index (χ2n) is 7.98. The van der Waals surface area contributed by atoms with Crippen LogP contribution in [0.3, 0.4) is 0 Å². The average molecular weight is 289 g/mol. The van der Waals surface area contributed by atoms with E-state index in [1.165, 1.54) is 5.56 Å². The lowest BCUT2D eigenvalue weighted by Gasteiger charge is -2.43. The van der Waals surface area contributed by atoms with E-state index < -0.39 is 11.3 Å². The largest absolute Gasteiger partial charge is 0.386 e. The number of hydroxylamine groups is 2. The van der Waals surface area contributed by atoms with E-state index in [-0.39, 0.29) is 5.41 Å². The summed E-state index contributed by atoms with van der Waals surface area (Å²) in [4.78, 5) is 5.91. The highest BCUT2D eigenvalue weighted by molar-refractivity contribution is 5.17. The SMILES string of the molecule is CC(C)(C)[C@@H]1CC[C@@]2(ON2Cc2ccccc2)[C@@](C)(O)C1. The Hall–Kier alpha value is -0.900. The lowest BCUT2D eigenvalue weighted by atomic mass is 9.65. The first-order valence-corrected chi connectivity index (χ1v) is 7.98. The molecular formula is C18H27NO2. The summed E-state index contributed by atoms with van der Waals surface area (Å²) in [5.41, 5.74) is 0.218. The van der Waals surface area contributed by atoms with Gasteiger partial charge >= 0.3 is 0 Å². The Morgan fingerprint density at radius 3 is 2.52 bits per heavy atom. The summed E-state index contributed by atoms with van der Waals surface area (Å²) in [5, 5.41) is 13.0. The summed E-state index contributed by atoms with van der Waals surface area (Å²) in [6, 6.07) is 10.3. The molecule has 1 aliphatic heterocycles. The predicted molar refractivity (Wildman–Crippen MR) is 83.2 cm³/mol. The Morgan fingerprint density at radius 1 is 1.29 bits per heavy atom. The van der Waals surface area contributed by atoms with Crippen LogP contribution in [0.1, 0.15) is 52.5 Å². The van der Waals surface area contributed by atoms with Crippen molar-refractivity contribution in [3.8, 4) is 0 Å². The highest BCUT2D eigenvalue weighted by atomic mass is 16.9. The fourth-order valence-corrected chi connectivity index (χ4v) is 3.73. The molecule has 2 fully saturated rings. The lowest BCUT2D eigenvalue weighted by molar-refractivity contribution is -0.0869. The zero-order chi connectivity index (χ0) is 15.3. The normalized spacial score (nSPS) is 39.5. The molecule has 1 aliphatic carbocycles. The molecule has 21 heavy (non-hydrogen) atoms. The van der Waals surface area contributed by atoms with Gasteiger partial charge in [-0.15, -0.1) is 5.06 Å². The Balaban J connectivity index is 1.70. The molecule has 4 atom stereocenters. The van der Waals surface area contributed by atoms with Crippen molar-refractivity contribution in [2.75, 3.05) is 0 Å². The van der Waals surface area contributed by atoms with Crippen LogP contribution in [-0.4, -0.2) is 21.5 Å². The van der Waals surface area contributed by atoms with E-state index in [1.54, 1.807) is 0 Å². The van der Waals surface area contributed by atoms with Crippen LogP contribution in [0.4, 0.5) is 0 Å². The molecule has 116 valence electrons. The van der Waals surface area contributed by atoms with Crippen LogP contribution < -0.4 is 0 Å². The number of rotatable bonds is 2. The molecule has 0 bridgehead atoms. The number of nitrogens with zero attached hydrogens (tertiary/aromatic N) is 1. The third-order valence-electron chi connectivity index (χ3n) is 5.34. The van der Waals surface area contributed by atoms with Gasteiger partial charge in [-0.2, -0.15) is 0 Å². The van der Waals surface area contributed by atoms with Gasteiger partial charge in [0.1, 0.15) is 5.60 Å². The summed E-state index contributed by atoms with van der Waals surface area (Å²) < 4.78 is 0. The highest BCUT2D eigenvalue weighted by Crippen LogP contribution is 2.56. The van der Waals surface area contributed by atoms with E-state index >= 15 is 0 Å². The van der Waals surface area contributed by atoms with Gasteiger partial charge in [0.15, 0.2) is 5.72 Å². The summed E-state index contributed by atoms with van der Waals surface area (Å²) in [6.07, 6.45) is 2.83. The minimum atomic E-state index is -0.780. The van der Waals surface area contributed by atoms with E-state index in [4.69, 9.17) is 4.84 Å². The van der Waals surface area contributed by atoms with Gasteiger partial charge in [-0.05, 0) is 43.1 Å². The topological polar surface area (TPSA) is 35.8 Å². The predicted octanol–water partition coefficient (Wildman–Crippen LogP) is 3.73. The van der Waals surface area contributed by atoms with Crippen molar-refractivity contribution < 1.29 is 9.94 Å². The molecule has 1 saturated carbocycles. The maximum Gasteiger partial charge on any atom is 0.193 e. The van der Waals surface area contributed by atoms with Gasteiger partial charge in [-0.1, -0.05) is 51.1 Å². The van der Waals surface area contributed by atoms with E-state index in [2.05, 4.69) is 32.9 Å². The monoisotopic (exact) mass is 289 g/mol. The van der Waals surface area contributed by atoms with Crippen molar-refractivity contribution in [1.82, 2.24) is 5.06 Å². The quantitative estimate of drug-likeness (QED) is 0.843. The number of benzene rings is 1. The first-order valence-electron chi connectivity index (χ1n) is 7.98. The van der Waals surface area contributed by atoms with E-state index in [9.17, 15) is 5.11 Å². The second kappa shape index (κ2) is 4.80. The third-order valence-corrected chi connectivity index (χ3v) is 5.34. The number of aliphatic hydroxyl groups is 1. The van der Waals surface area contributed by atoms with Crippen LogP contribution in [0, 0.1) is 11.3 Å². The van der Waals surface area contributed by atoms with Gasteiger partial charge < -0.3 is 5.11 Å². The van der Waals surface area contributed by atoms with Crippen LogP contribution in [0.15, 0.2) is 30.3 Å². The molecule has 3 rings (SSSR count). The summed E-state index contributed by atoms with van der Waals surface area (Å²) in [5.74, 6) is 0.543. The molecule has 1 aromatic rings. The molecule has 3 nitrogen and oxygen atoms in total. The van der Waals surface area contributed by atoms with Gasteiger partial charge in [-0.3, -0.25) is 4.84 Å². The lowest BCUT2D eigenvalue weighted by Crippen LogP contribution is -2.52. The molecule has 0 aromatic heterocycles. The zero-order valence-electron chi connectivity index (χ0n) is 13.6. The molecule has 3 heteroatoms. The molecule has 0 amide bonds. The van der Waals surface area contributed by atoms with Gasteiger partial charge in [0.05, 0.1) is 6.54 Å². The average Bonchev–Trinajstić information content (AvgIpc) is 3.08. The van der Waals surface area contributed by atoms with E-state index in [0.717, 1.165) is 25.8 Å². The van der Waals surface area contributed by atoms with E-state index in [0.29, 0.717) is 5.92 Å². The van der Waals surface area contributed by atoms with Crippen molar-refractivity contribution in [2.24, 2.45) is 11.3 Å². The molecule has 1 saturated heterocycles. The third kappa shape index (κ3) is 2.63. The fraction of sp³-hybridized carbons (Fsp3) is 0.667. The molecule has 1 heterocycles. The summed E-state index contributed by atoms with van der Waals surface area (Å²) in [7, 11) is 0. The molecular weight excluding hydrogens is 262 g/mol. The molecule has 1 N–H and O–H groups in total. The fourth-order valence-electron chi connectivity index (χ4n) is 3.73. The Labute approximate surface area is 127 Å². The molecule has 1 unspecified atom stereocenters. The van der Waals surface area contributed by atoms with Crippen molar-refractivity contribution >= 4 is 0 Å². The van der Waals surface area contributed by atoms with Gasteiger partial charge in [0.2, 0.25) is 0 Å². The van der Waals surface area contributed by atoms with Crippen molar-refractivity contribution in [3.05, 3.63) is 35.9 Å².